The van der Waals surface area contributed by atoms with Gasteiger partial charge in [0, 0.05) is 41.9 Å². The van der Waals surface area contributed by atoms with Gasteiger partial charge in [-0.1, -0.05) is 40.9 Å². The molecule has 146 valence electrons. The Hall–Kier alpha value is -1.79. The van der Waals surface area contributed by atoms with E-state index in [1.54, 1.807) is 12.1 Å². The average molecular weight is 439 g/mol. The van der Waals surface area contributed by atoms with Crippen LogP contribution in [-0.2, 0) is 9.59 Å². The van der Waals surface area contributed by atoms with Crippen LogP contribution in [0.3, 0.4) is 0 Å². The fraction of sp³-hybridized carbons (Fsp3) is 0.300. The molecule has 0 radical (unpaired) electrons. The van der Waals surface area contributed by atoms with Crippen LogP contribution in [0.2, 0.25) is 15.1 Å². The van der Waals surface area contributed by atoms with E-state index in [1.807, 2.05) is 24.3 Å². The Morgan fingerprint density at radius 2 is 1.57 bits per heavy atom. The molecule has 0 N–H and O–H groups in total. The lowest BCUT2D eigenvalue weighted by Gasteiger charge is -2.38. The Balaban J connectivity index is 1.46. The molecule has 2 aliphatic rings. The van der Waals surface area contributed by atoms with Crippen molar-refractivity contribution in [1.29, 1.82) is 0 Å². The molecule has 2 aromatic rings. The highest BCUT2D eigenvalue weighted by Gasteiger charge is 2.44. The van der Waals surface area contributed by atoms with E-state index in [9.17, 15) is 9.59 Å². The summed E-state index contributed by atoms with van der Waals surface area (Å²) in [4.78, 5) is 31.0. The van der Waals surface area contributed by atoms with Crippen LogP contribution >= 0.6 is 34.8 Å². The third-order valence-corrected chi connectivity index (χ3v) is 5.97. The molecule has 5 nitrogen and oxygen atoms in total. The number of hydrogen-bond acceptors (Lipinski definition) is 4. The van der Waals surface area contributed by atoms with Crippen molar-refractivity contribution in [2.75, 3.05) is 36.0 Å². The van der Waals surface area contributed by atoms with Gasteiger partial charge in [0.25, 0.3) is 5.91 Å². The van der Waals surface area contributed by atoms with Crippen LogP contribution < -0.4 is 9.80 Å². The molecule has 2 amide bonds. The number of benzene rings is 2. The molecule has 4 rings (SSSR count). The highest BCUT2D eigenvalue weighted by atomic mass is 35.5. The molecule has 2 heterocycles. The predicted octanol–water partition coefficient (Wildman–Crippen LogP) is 4.10. The summed E-state index contributed by atoms with van der Waals surface area (Å²) >= 11 is 18.2. The zero-order chi connectivity index (χ0) is 19.8. The van der Waals surface area contributed by atoms with Gasteiger partial charge in [-0.3, -0.25) is 14.5 Å². The normalized spacial score (nSPS) is 20.9. The number of imide groups is 1. The van der Waals surface area contributed by atoms with Crippen LogP contribution in [0.1, 0.15) is 6.42 Å². The molecule has 0 bridgehead atoms. The zero-order valence-corrected chi connectivity index (χ0v) is 17.2. The number of nitrogens with zero attached hydrogens (tertiary/aromatic N) is 3. The van der Waals surface area contributed by atoms with Crippen LogP contribution in [0.25, 0.3) is 0 Å². The molecular weight excluding hydrogens is 421 g/mol. The summed E-state index contributed by atoms with van der Waals surface area (Å²) < 4.78 is 0. The average Bonchev–Trinajstić information content (AvgIpc) is 2.96. The van der Waals surface area contributed by atoms with Gasteiger partial charge < -0.3 is 4.90 Å². The lowest BCUT2D eigenvalue weighted by molar-refractivity contribution is -0.123. The van der Waals surface area contributed by atoms with Crippen LogP contribution in [0.4, 0.5) is 11.4 Å². The summed E-state index contributed by atoms with van der Waals surface area (Å²) in [7, 11) is 0. The maximum atomic E-state index is 13.0. The number of carbonyl (C=O) groups excluding carboxylic acids is 2. The molecule has 1 atom stereocenters. The Bertz CT molecular complexity index is 929. The first-order valence-electron chi connectivity index (χ1n) is 9.00. The zero-order valence-electron chi connectivity index (χ0n) is 14.9. The number of carbonyl (C=O) groups is 2. The van der Waals surface area contributed by atoms with Gasteiger partial charge in [-0.15, -0.1) is 0 Å². The second kappa shape index (κ2) is 7.91. The number of rotatable bonds is 3. The van der Waals surface area contributed by atoms with E-state index in [0.29, 0.717) is 33.8 Å². The van der Waals surface area contributed by atoms with Gasteiger partial charge in [-0.25, -0.2) is 4.90 Å². The SMILES string of the molecule is O=C1C[C@@H](N2CCN(c3cccc(Cl)c3)CC2)C(=O)N1c1ccc(Cl)cc1Cl. The fourth-order valence-corrected chi connectivity index (χ4v) is 4.46. The maximum absolute atomic E-state index is 13.0. The van der Waals surface area contributed by atoms with Gasteiger partial charge in [0.05, 0.1) is 23.2 Å². The standard InChI is InChI=1S/C20H18Cl3N3O2/c21-13-2-1-3-15(10-13)24-6-8-25(9-7-24)18-12-19(27)26(20(18)28)17-5-4-14(22)11-16(17)23/h1-5,10-11,18H,6-9,12H2/t18-/m1/s1. The first-order chi connectivity index (χ1) is 13.4. The van der Waals surface area contributed by atoms with Gasteiger partial charge >= 0.3 is 0 Å². The molecule has 2 aliphatic heterocycles. The van der Waals surface area contributed by atoms with Gasteiger partial charge in [-0.2, -0.15) is 0 Å². The third kappa shape index (κ3) is 3.72. The number of anilines is 2. The molecule has 0 unspecified atom stereocenters. The van der Waals surface area contributed by atoms with Crippen LogP contribution in [0.15, 0.2) is 42.5 Å². The van der Waals surface area contributed by atoms with Crippen molar-refractivity contribution in [2.24, 2.45) is 0 Å². The summed E-state index contributed by atoms with van der Waals surface area (Å²) in [6, 6.07) is 12.1. The molecule has 2 saturated heterocycles. The molecule has 0 spiro atoms. The Labute approximate surface area is 178 Å². The number of halogens is 3. The summed E-state index contributed by atoms with van der Waals surface area (Å²) in [5.41, 5.74) is 1.46. The lowest BCUT2D eigenvalue weighted by Crippen LogP contribution is -2.52. The first kappa shape index (κ1) is 19.5. The Kier molecular flexibility index (Phi) is 5.52. The van der Waals surface area contributed by atoms with E-state index in [2.05, 4.69) is 9.80 Å². The molecule has 2 fully saturated rings. The van der Waals surface area contributed by atoms with E-state index in [-0.39, 0.29) is 18.2 Å². The fourth-order valence-electron chi connectivity index (χ4n) is 3.78. The monoisotopic (exact) mass is 437 g/mol. The van der Waals surface area contributed by atoms with Crippen molar-refractivity contribution in [1.82, 2.24) is 4.90 Å². The minimum absolute atomic E-state index is 0.162. The quantitative estimate of drug-likeness (QED) is 0.677. The first-order valence-corrected chi connectivity index (χ1v) is 10.1. The topological polar surface area (TPSA) is 43.9 Å². The minimum atomic E-state index is -0.458. The van der Waals surface area contributed by atoms with E-state index in [1.165, 1.54) is 11.0 Å². The van der Waals surface area contributed by atoms with Crippen LogP contribution in [0.5, 0.6) is 0 Å². The highest BCUT2D eigenvalue weighted by molar-refractivity contribution is 6.38. The van der Waals surface area contributed by atoms with E-state index < -0.39 is 6.04 Å². The molecule has 0 aliphatic carbocycles. The van der Waals surface area contributed by atoms with Crippen molar-refractivity contribution in [3.8, 4) is 0 Å². The largest absolute Gasteiger partial charge is 0.369 e. The highest BCUT2D eigenvalue weighted by Crippen LogP contribution is 2.33. The van der Waals surface area contributed by atoms with E-state index >= 15 is 0 Å². The second-order valence-electron chi connectivity index (χ2n) is 6.89. The van der Waals surface area contributed by atoms with Crippen molar-refractivity contribution >= 4 is 58.0 Å². The molecule has 28 heavy (non-hydrogen) atoms. The lowest BCUT2D eigenvalue weighted by atomic mass is 10.1. The Morgan fingerprint density at radius 1 is 0.857 bits per heavy atom. The predicted molar refractivity (Wildman–Crippen MR) is 113 cm³/mol. The summed E-state index contributed by atoms with van der Waals surface area (Å²) in [5, 5.41) is 1.45. The van der Waals surface area contributed by atoms with E-state index in [4.69, 9.17) is 34.8 Å². The van der Waals surface area contributed by atoms with E-state index in [0.717, 1.165) is 18.8 Å². The number of hydrogen-bond donors (Lipinski definition) is 0. The molecule has 2 aromatic carbocycles. The summed E-state index contributed by atoms with van der Waals surface area (Å²) in [5.74, 6) is -0.470. The van der Waals surface area contributed by atoms with Crippen molar-refractivity contribution in [2.45, 2.75) is 12.5 Å². The van der Waals surface area contributed by atoms with Gasteiger partial charge in [0.15, 0.2) is 0 Å². The van der Waals surface area contributed by atoms with Crippen LogP contribution in [-0.4, -0.2) is 48.9 Å². The van der Waals surface area contributed by atoms with Gasteiger partial charge in [0.1, 0.15) is 0 Å². The minimum Gasteiger partial charge on any atom is -0.369 e. The maximum Gasteiger partial charge on any atom is 0.251 e. The van der Waals surface area contributed by atoms with Gasteiger partial charge in [0.2, 0.25) is 5.91 Å². The van der Waals surface area contributed by atoms with Crippen molar-refractivity contribution < 1.29 is 9.59 Å². The molecule has 0 saturated carbocycles. The molecule has 0 aromatic heterocycles. The van der Waals surface area contributed by atoms with Gasteiger partial charge in [-0.05, 0) is 36.4 Å². The summed E-state index contributed by atoms with van der Waals surface area (Å²) in [6.45, 7) is 2.91. The van der Waals surface area contributed by atoms with Crippen LogP contribution in [0, 0.1) is 0 Å². The van der Waals surface area contributed by atoms with Crippen molar-refractivity contribution in [3.05, 3.63) is 57.5 Å². The second-order valence-corrected chi connectivity index (χ2v) is 8.17. The molecular formula is C20H18Cl3N3O2. The number of piperazine rings is 1. The smallest absolute Gasteiger partial charge is 0.251 e. The summed E-state index contributed by atoms with van der Waals surface area (Å²) in [6.07, 6.45) is 0.162. The third-order valence-electron chi connectivity index (χ3n) is 5.20. The van der Waals surface area contributed by atoms with Crippen molar-refractivity contribution in [3.63, 3.8) is 0 Å². The number of amides is 2. The Morgan fingerprint density at radius 3 is 2.25 bits per heavy atom. The molecule has 8 heteroatoms.